The van der Waals surface area contributed by atoms with Crippen molar-refractivity contribution >= 4 is 5.78 Å². The van der Waals surface area contributed by atoms with Crippen molar-refractivity contribution < 1.29 is 4.79 Å². The van der Waals surface area contributed by atoms with Gasteiger partial charge in [0.1, 0.15) is 12.2 Å². The average molecular weight is 238 g/mol. The topological polar surface area (TPSA) is 73.8 Å². The lowest BCUT2D eigenvalue weighted by molar-refractivity contribution is -0.120. The van der Waals surface area contributed by atoms with E-state index in [-0.39, 0.29) is 11.8 Å². The molecule has 2 N–H and O–H groups in total. The fourth-order valence-corrected chi connectivity index (χ4v) is 1.70. The van der Waals surface area contributed by atoms with Crippen LogP contribution in [0.2, 0.25) is 0 Å². The van der Waals surface area contributed by atoms with E-state index in [0.717, 1.165) is 38.1 Å². The second-order valence-corrected chi connectivity index (χ2v) is 4.29. The molecule has 1 atom stereocenters. The van der Waals surface area contributed by atoms with Gasteiger partial charge in [-0.05, 0) is 12.8 Å². The van der Waals surface area contributed by atoms with Crippen LogP contribution in [0, 0.1) is 0 Å². The van der Waals surface area contributed by atoms with Gasteiger partial charge in [-0.25, -0.2) is 9.67 Å². The molecule has 0 spiro atoms. The summed E-state index contributed by atoms with van der Waals surface area (Å²) in [5.41, 5.74) is 5.84. The van der Waals surface area contributed by atoms with E-state index in [2.05, 4.69) is 23.9 Å². The molecule has 0 bridgehead atoms. The van der Waals surface area contributed by atoms with Crippen molar-refractivity contribution in [2.75, 3.05) is 0 Å². The number of aryl methyl sites for hydroxylation is 1. The van der Waals surface area contributed by atoms with Crippen molar-refractivity contribution in [1.82, 2.24) is 14.8 Å². The first-order chi connectivity index (χ1) is 8.19. The van der Waals surface area contributed by atoms with Crippen LogP contribution in [0.25, 0.3) is 0 Å². The van der Waals surface area contributed by atoms with E-state index in [1.165, 1.54) is 6.33 Å². The van der Waals surface area contributed by atoms with Crippen molar-refractivity contribution in [3.05, 3.63) is 12.2 Å². The van der Waals surface area contributed by atoms with Gasteiger partial charge in [0.25, 0.3) is 0 Å². The van der Waals surface area contributed by atoms with Crippen molar-refractivity contribution in [1.29, 1.82) is 0 Å². The van der Waals surface area contributed by atoms with E-state index in [1.54, 1.807) is 4.68 Å². The molecule has 17 heavy (non-hydrogen) atoms. The van der Waals surface area contributed by atoms with Gasteiger partial charge in [0, 0.05) is 6.54 Å². The Balaban J connectivity index is 2.52. The Hall–Kier alpha value is -1.23. The van der Waals surface area contributed by atoms with Gasteiger partial charge in [0.05, 0.1) is 12.5 Å². The summed E-state index contributed by atoms with van der Waals surface area (Å²) in [6.07, 6.45) is 5.59. The van der Waals surface area contributed by atoms with Crippen molar-refractivity contribution in [2.45, 2.75) is 58.5 Å². The zero-order chi connectivity index (χ0) is 12.7. The monoisotopic (exact) mass is 238 g/mol. The Labute approximate surface area is 102 Å². The Morgan fingerprint density at radius 2 is 2.24 bits per heavy atom. The second-order valence-electron chi connectivity index (χ2n) is 4.29. The largest absolute Gasteiger partial charge is 0.321 e. The zero-order valence-electron chi connectivity index (χ0n) is 10.7. The lowest BCUT2D eigenvalue weighted by Gasteiger charge is -2.10. The van der Waals surface area contributed by atoms with Gasteiger partial charge in [-0.1, -0.05) is 26.7 Å². The van der Waals surface area contributed by atoms with Crippen LogP contribution in [0.4, 0.5) is 0 Å². The van der Waals surface area contributed by atoms with Crippen LogP contribution in [0.1, 0.15) is 45.4 Å². The third-order valence-electron chi connectivity index (χ3n) is 2.75. The summed E-state index contributed by atoms with van der Waals surface area (Å²) in [7, 11) is 0. The number of hydrogen-bond donors (Lipinski definition) is 1. The number of rotatable bonds is 8. The maximum atomic E-state index is 11.9. The van der Waals surface area contributed by atoms with E-state index >= 15 is 0 Å². The second kappa shape index (κ2) is 7.17. The molecule has 0 aromatic carbocycles. The molecule has 0 amide bonds. The highest BCUT2D eigenvalue weighted by molar-refractivity contribution is 5.85. The number of carbonyl (C=O) groups excluding carboxylic acids is 1. The minimum atomic E-state index is -0.360. The van der Waals surface area contributed by atoms with Crippen LogP contribution in [-0.4, -0.2) is 26.6 Å². The summed E-state index contributed by atoms with van der Waals surface area (Å²) in [4.78, 5) is 16.0. The van der Waals surface area contributed by atoms with E-state index in [1.807, 2.05) is 0 Å². The molecule has 0 aliphatic carbocycles. The summed E-state index contributed by atoms with van der Waals surface area (Å²) >= 11 is 0. The third kappa shape index (κ3) is 4.26. The number of aromatic nitrogens is 3. The molecule has 1 rings (SSSR count). The number of ketones is 1. The maximum Gasteiger partial charge on any atom is 0.157 e. The van der Waals surface area contributed by atoms with E-state index < -0.39 is 0 Å². The summed E-state index contributed by atoms with van der Waals surface area (Å²) < 4.78 is 1.78. The minimum Gasteiger partial charge on any atom is -0.321 e. The van der Waals surface area contributed by atoms with Crippen molar-refractivity contribution in [3.63, 3.8) is 0 Å². The Kier molecular flexibility index (Phi) is 5.83. The Morgan fingerprint density at radius 3 is 2.88 bits per heavy atom. The Morgan fingerprint density at radius 1 is 1.47 bits per heavy atom. The van der Waals surface area contributed by atoms with Gasteiger partial charge in [-0.15, -0.1) is 0 Å². The first kappa shape index (κ1) is 13.8. The SMILES string of the molecule is CCCCC(N)C(=O)Cc1ncnn1CCC. The standard InChI is InChI=1S/C12H22N4O/c1-3-5-6-10(13)11(17)8-12-14-9-15-16(12)7-4-2/h9-10H,3-8,13H2,1-2H3. The predicted octanol–water partition coefficient (Wildman–Crippen LogP) is 1.32. The molecule has 0 saturated carbocycles. The first-order valence-corrected chi connectivity index (χ1v) is 6.34. The number of unbranched alkanes of at least 4 members (excludes halogenated alkanes) is 1. The van der Waals surface area contributed by atoms with Crippen molar-refractivity contribution in [3.8, 4) is 0 Å². The maximum absolute atomic E-state index is 11.9. The molecule has 96 valence electrons. The van der Waals surface area contributed by atoms with Crippen LogP contribution >= 0.6 is 0 Å². The highest BCUT2D eigenvalue weighted by atomic mass is 16.1. The first-order valence-electron chi connectivity index (χ1n) is 6.34. The quantitative estimate of drug-likeness (QED) is 0.741. The summed E-state index contributed by atoms with van der Waals surface area (Å²) in [5.74, 6) is 0.785. The van der Waals surface area contributed by atoms with Crippen LogP contribution < -0.4 is 5.73 Å². The molecule has 0 aliphatic heterocycles. The van der Waals surface area contributed by atoms with Crippen LogP contribution in [0.3, 0.4) is 0 Å². The van der Waals surface area contributed by atoms with Crippen LogP contribution in [0.15, 0.2) is 6.33 Å². The van der Waals surface area contributed by atoms with Gasteiger partial charge < -0.3 is 5.73 Å². The molecule has 1 heterocycles. The lowest BCUT2D eigenvalue weighted by atomic mass is 10.0. The third-order valence-corrected chi connectivity index (χ3v) is 2.75. The van der Waals surface area contributed by atoms with Gasteiger partial charge in [0.2, 0.25) is 0 Å². The van der Waals surface area contributed by atoms with Crippen molar-refractivity contribution in [2.24, 2.45) is 5.73 Å². The summed E-state index contributed by atoms with van der Waals surface area (Å²) in [6.45, 7) is 4.96. The molecule has 0 fully saturated rings. The molecule has 1 aromatic heterocycles. The van der Waals surface area contributed by atoms with E-state index in [0.29, 0.717) is 6.42 Å². The molecular weight excluding hydrogens is 216 g/mol. The van der Waals surface area contributed by atoms with Gasteiger partial charge >= 0.3 is 0 Å². The number of nitrogens with zero attached hydrogens (tertiary/aromatic N) is 3. The molecule has 0 radical (unpaired) electrons. The van der Waals surface area contributed by atoms with Gasteiger partial charge in [-0.2, -0.15) is 5.10 Å². The number of carbonyl (C=O) groups is 1. The molecule has 5 nitrogen and oxygen atoms in total. The van der Waals surface area contributed by atoms with E-state index in [4.69, 9.17) is 5.73 Å². The fourth-order valence-electron chi connectivity index (χ4n) is 1.70. The number of nitrogens with two attached hydrogens (primary N) is 1. The molecule has 0 aliphatic rings. The molecule has 1 unspecified atom stereocenters. The lowest BCUT2D eigenvalue weighted by Crippen LogP contribution is -2.32. The minimum absolute atomic E-state index is 0.0591. The molecule has 1 aromatic rings. The molecule has 0 saturated heterocycles. The average Bonchev–Trinajstić information content (AvgIpc) is 2.74. The van der Waals surface area contributed by atoms with Crippen LogP contribution in [-0.2, 0) is 17.8 Å². The van der Waals surface area contributed by atoms with Gasteiger partial charge in [-0.3, -0.25) is 4.79 Å². The normalized spacial score (nSPS) is 12.6. The molecular formula is C12H22N4O. The summed E-state index contributed by atoms with van der Waals surface area (Å²) in [6, 6.07) is -0.360. The predicted molar refractivity (Wildman–Crippen MR) is 66.5 cm³/mol. The number of hydrogen-bond acceptors (Lipinski definition) is 4. The number of Topliss-reactive ketones (excluding diaryl/α,β-unsaturated/α-hetero) is 1. The van der Waals surface area contributed by atoms with Gasteiger partial charge in [0.15, 0.2) is 5.78 Å². The molecule has 5 heteroatoms. The zero-order valence-corrected chi connectivity index (χ0v) is 10.7. The summed E-state index contributed by atoms with van der Waals surface area (Å²) in [5, 5.41) is 4.09. The van der Waals surface area contributed by atoms with E-state index in [9.17, 15) is 4.79 Å². The Bertz CT molecular complexity index is 348. The fraction of sp³-hybridized carbons (Fsp3) is 0.750. The smallest absolute Gasteiger partial charge is 0.157 e. The highest BCUT2D eigenvalue weighted by Gasteiger charge is 2.16. The highest BCUT2D eigenvalue weighted by Crippen LogP contribution is 2.04. The van der Waals surface area contributed by atoms with Crippen LogP contribution in [0.5, 0.6) is 0 Å².